The van der Waals surface area contributed by atoms with Crippen molar-refractivity contribution in [2.24, 2.45) is 5.92 Å². The SMILES string of the molecule is CC(C)C[C@H](NC(=O)[C@@H]1COCCCCCCC(=O)N2CCC[C@H]2C(=O)N1)C(=O)[C@@]1(C)CO1. The Morgan fingerprint density at radius 3 is 2.61 bits per heavy atom. The van der Waals surface area contributed by atoms with Crippen molar-refractivity contribution in [1.82, 2.24) is 15.5 Å². The third-order valence-electron chi connectivity index (χ3n) is 6.66. The smallest absolute Gasteiger partial charge is 0.245 e. The van der Waals surface area contributed by atoms with Gasteiger partial charge < -0.3 is 25.0 Å². The Bertz CT molecular complexity index is 736. The second-order valence-corrected chi connectivity index (χ2v) is 10.1. The monoisotopic (exact) mass is 465 g/mol. The molecule has 0 radical (unpaired) electrons. The Kier molecular flexibility index (Phi) is 8.87. The zero-order chi connectivity index (χ0) is 24.0. The first-order chi connectivity index (χ1) is 15.7. The van der Waals surface area contributed by atoms with Crippen LogP contribution in [0.3, 0.4) is 0 Å². The van der Waals surface area contributed by atoms with Crippen LogP contribution >= 0.6 is 0 Å². The molecule has 3 heterocycles. The predicted octanol–water partition coefficient (Wildman–Crippen LogP) is 1.33. The molecule has 3 aliphatic rings. The van der Waals surface area contributed by atoms with E-state index in [9.17, 15) is 19.2 Å². The summed E-state index contributed by atoms with van der Waals surface area (Å²) < 4.78 is 11.0. The van der Waals surface area contributed by atoms with Crippen LogP contribution < -0.4 is 10.6 Å². The number of rotatable bonds is 6. The topological polar surface area (TPSA) is 117 Å². The van der Waals surface area contributed by atoms with Crippen molar-refractivity contribution in [1.29, 1.82) is 0 Å². The summed E-state index contributed by atoms with van der Waals surface area (Å²) in [6.45, 7) is 7.12. The summed E-state index contributed by atoms with van der Waals surface area (Å²) in [6.07, 6.45) is 5.78. The van der Waals surface area contributed by atoms with Crippen LogP contribution in [-0.2, 0) is 28.7 Å². The van der Waals surface area contributed by atoms with Crippen molar-refractivity contribution >= 4 is 23.5 Å². The van der Waals surface area contributed by atoms with E-state index in [2.05, 4.69) is 10.6 Å². The first-order valence-corrected chi connectivity index (χ1v) is 12.4. The van der Waals surface area contributed by atoms with Gasteiger partial charge in [-0.05, 0) is 44.9 Å². The first kappa shape index (κ1) is 25.6. The summed E-state index contributed by atoms with van der Waals surface area (Å²) >= 11 is 0. The van der Waals surface area contributed by atoms with E-state index < -0.39 is 29.6 Å². The molecule has 3 saturated heterocycles. The number of nitrogens with one attached hydrogen (secondary N) is 2. The van der Waals surface area contributed by atoms with Gasteiger partial charge in [-0.3, -0.25) is 19.2 Å². The number of epoxide rings is 1. The van der Waals surface area contributed by atoms with Gasteiger partial charge in [-0.25, -0.2) is 0 Å². The summed E-state index contributed by atoms with van der Waals surface area (Å²) in [6, 6.07) is -2.20. The molecular weight excluding hydrogens is 426 g/mol. The summed E-state index contributed by atoms with van der Waals surface area (Å²) in [4.78, 5) is 53.5. The van der Waals surface area contributed by atoms with Crippen LogP contribution in [0, 0.1) is 5.92 Å². The Morgan fingerprint density at radius 1 is 1.18 bits per heavy atom. The lowest BCUT2D eigenvalue weighted by Crippen LogP contribution is -2.57. The molecule has 3 fully saturated rings. The van der Waals surface area contributed by atoms with Crippen molar-refractivity contribution in [3.8, 4) is 0 Å². The molecular formula is C24H39N3O6. The van der Waals surface area contributed by atoms with Gasteiger partial charge in [0.05, 0.1) is 19.3 Å². The quantitative estimate of drug-likeness (QED) is 0.572. The molecule has 4 atom stereocenters. The maximum absolute atomic E-state index is 13.2. The second-order valence-electron chi connectivity index (χ2n) is 10.1. The van der Waals surface area contributed by atoms with Gasteiger partial charge in [-0.2, -0.15) is 0 Å². The Balaban J connectivity index is 1.71. The number of hydrogen-bond acceptors (Lipinski definition) is 6. The Labute approximate surface area is 196 Å². The minimum Gasteiger partial charge on any atom is -0.379 e. The van der Waals surface area contributed by atoms with Crippen molar-refractivity contribution in [2.75, 3.05) is 26.4 Å². The van der Waals surface area contributed by atoms with Crippen LogP contribution in [0.1, 0.15) is 72.1 Å². The number of carbonyl (C=O) groups excluding carboxylic acids is 4. The Hall–Kier alpha value is -2.00. The first-order valence-electron chi connectivity index (χ1n) is 12.4. The Morgan fingerprint density at radius 2 is 1.91 bits per heavy atom. The van der Waals surface area contributed by atoms with Crippen LogP contribution in [0.5, 0.6) is 0 Å². The molecule has 3 amide bonds. The lowest BCUT2D eigenvalue weighted by atomic mass is 9.93. The van der Waals surface area contributed by atoms with Gasteiger partial charge in [0.1, 0.15) is 17.7 Å². The van der Waals surface area contributed by atoms with Gasteiger partial charge in [0, 0.05) is 19.6 Å². The molecule has 9 nitrogen and oxygen atoms in total. The minimum absolute atomic E-state index is 0.00207. The van der Waals surface area contributed by atoms with E-state index in [0.29, 0.717) is 39.0 Å². The number of carbonyl (C=O) groups is 4. The zero-order valence-corrected chi connectivity index (χ0v) is 20.2. The van der Waals surface area contributed by atoms with Gasteiger partial charge >= 0.3 is 0 Å². The van der Waals surface area contributed by atoms with E-state index >= 15 is 0 Å². The second kappa shape index (κ2) is 11.4. The van der Waals surface area contributed by atoms with Gasteiger partial charge in [0.25, 0.3) is 0 Å². The molecule has 0 unspecified atom stereocenters. The maximum atomic E-state index is 13.2. The van der Waals surface area contributed by atoms with Crippen LogP contribution in [-0.4, -0.2) is 78.5 Å². The summed E-state index contributed by atoms with van der Waals surface area (Å²) in [5, 5.41) is 5.65. The molecule has 3 rings (SSSR count). The predicted molar refractivity (Wildman–Crippen MR) is 121 cm³/mol. The number of amides is 3. The summed E-state index contributed by atoms with van der Waals surface area (Å²) in [5.41, 5.74) is -0.847. The number of ether oxygens (including phenoxy) is 2. The normalized spacial score (nSPS) is 30.2. The van der Waals surface area contributed by atoms with E-state index in [0.717, 1.165) is 32.1 Å². The molecule has 33 heavy (non-hydrogen) atoms. The van der Waals surface area contributed by atoms with Crippen LogP contribution in [0.2, 0.25) is 0 Å². The molecule has 0 aromatic rings. The van der Waals surface area contributed by atoms with E-state index in [4.69, 9.17) is 9.47 Å². The highest BCUT2D eigenvalue weighted by Crippen LogP contribution is 2.29. The fourth-order valence-electron chi connectivity index (χ4n) is 4.56. The molecule has 3 aliphatic heterocycles. The number of nitrogens with zero attached hydrogens (tertiary/aromatic N) is 1. The van der Waals surface area contributed by atoms with Crippen LogP contribution in [0.25, 0.3) is 0 Å². The number of fused-ring (bicyclic) bond motifs is 1. The average Bonchev–Trinajstić information content (AvgIpc) is 3.32. The van der Waals surface area contributed by atoms with Crippen molar-refractivity contribution in [3.05, 3.63) is 0 Å². The fourth-order valence-corrected chi connectivity index (χ4v) is 4.56. The molecule has 0 aromatic carbocycles. The molecule has 0 saturated carbocycles. The molecule has 9 heteroatoms. The lowest BCUT2D eigenvalue weighted by molar-refractivity contribution is -0.140. The van der Waals surface area contributed by atoms with Crippen molar-refractivity contribution in [3.63, 3.8) is 0 Å². The van der Waals surface area contributed by atoms with Gasteiger partial charge in [0.15, 0.2) is 5.78 Å². The van der Waals surface area contributed by atoms with E-state index in [-0.39, 0.29) is 30.1 Å². The molecule has 186 valence electrons. The van der Waals surface area contributed by atoms with Gasteiger partial charge in [-0.15, -0.1) is 0 Å². The van der Waals surface area contributed by atoms with E-state index in [1.54, 1.807) is 11.8 Å². The third kappa shape index (κ3) is 6.99. The lowest BCUT2D eigenvalue weighted by Gasteiger charge is -2.28. The van der Waals surface area contributed by atoms with Gasteiger partial charge in [-0.1, -0.05) is 26.7 Å². The molecule has 0 spiro atoms. The number of Topliss-reactive ketones (excluding diaryl/α,β-unsaturated/α-hetero) is 1. The van der Waals surface area contributed by atoms with Crippen LogP contribution in [0.15, 0.2) is 0 Å². The molecule has 0 aromatic heterocycles. The number of ketones is 1. The van der Waals surface area contributed by atoms with Gasteiger partial charge in [0.2, 0.25) is 17.7 Å². The fraction of sp³-hybridized carbons (Fsp3) is 0.833. The maximum Gasteiger partial charge on any atom is 0.245 e. The largest absolute Gasteiger partial charge is 0.379 e. The highest BCUT2D eigenvalue weighted by atomic mass is 16.6. The molecule has 0 bridgehead atoms. The van der Waals surface area contributed by atoms with E-state index in [1.165, 1.54) is 0 Å². The standard InChI is InChI=1S/C24H39N3O6/c1-16(2)13-17(21(29)24(3)15-33-24)25-22(30)18-14-32-12-7-5-4-6-10-20(28)27-11-8-9-19(27)23(31)26-18/h16-19H,4-15H2,1-3H3,(H,25,30)(H,26,31)/t17-,18-,19-,24+/m0/s1. The molecule has 0 aliphatic carbocycles. The summed E-state index contributed by atoms with van der Waals surface area (Å²) in [7, 11) is 0. The highest BCUT2D eigenvalue weighted by Gasteiger charge is 2.50. The third-order valence-corrected chi connectivity index (χ3v) is 6.66. The highest BCUT2D eigenvalue weighted by molar-refractivity contribution is 5.98. The number of hydrogen-bond donors (Lipinski definition) is 2. The average molecular weight is 466 g/mol. The molecule has 2 N–H and O–H groups in total. The summed E-state index contributed by atoms with van der Waals surface area (Å²) in [5.74, 6) is -0.748. The minimum atomic E-state index is -0.937. The zero-order valence-electron chi connectivity index (χ0n) is 20.2. The van der Waals surface area contributed by atoms with Crippen LogP contribution in [0.4, 0.5) is 0 Å². The van der Waals surface area contributed by atoms with Crippen molar-refractivity contribution in [2.45, 2.75) is 95.9 Å². The van der Waals surface area contributed by atoms with E-state index in [1.807, 2.05) is 13.8 Å². The van der Waals surface area contributed by atoms with Crippen molar-refractivity contribution < 1.29 is 28.7 Å².